The summed E-state index contributed by atoms with van der Waals surface area (Å²) in [5, 5.41) is 10.1. The number of aryl methyl sites for hydroxylation is 2. The maximum atomic E-state index is 12.3. The SMILES string of the molecule is Cc1cc(C2=CC3=C(N4CCOCC4C4CC4)N=C(/C(C=NCC(C)(C)O)=C/N)PC3C=C2)cn(C)c1=O. The molecular weight excluding hydrogens is 497 g/mol. The molecule has 3 atom stereocenters. The first-order valence-electron chi connectivity index (χ1n) is 13.3. The van der Waals surface area contributed by atoms with E-state index in [1.54, 1.807) is 37.9 Å². The molecule has 38 heavy (non-hydrogen) atoms. The number of allylic oxidation sites excluding steroid dienone is 6. The average Bonchev–Trinajstić information content (AvgIpc) is 3.73. The molecular formula is C29H38N5O3P. The van der Waals surface area contributed by atoms with Crippen molar-refractivity contribution < 1.29 is 9.84 Å². The predicted octanol–water partition coefficient (Wildman–Crippen LogP) is 3.11. The molecule has 3 N–H and O–H groups in total. The molecule has 3 heterocycles. The Morgan fingerprint density at radius 3 is 2.87 bits per heavy atom. The monoisotopic (exact) mass is 535 g/mol. The Hall–Kier alpha value is -2.80. The highest BCUT2D eigenvalue weighted by atomic mass is 31.1. The summed E-state index contributed by atoms with van der Waals surface area (Å²) in [5.41, 5.74) is 11.1. The molecule has 2 aliphatic heterocycles. The average molecular weight is 536 g/mol. The van der Waals surface area contributed by atoms with E-state index in [4.69, 9.17) is 15.5 Å². The standard InChI is InChI=1S/C29H38N5O3P/c1-18-11-21(15-33(4)28(18)35)20-7-8-25-23(12-20)26(34-9-10-37-16-24(34)19-5-6-19)32-27(38-25)22(13-30)14-31-17-29(2,3)36/h7-8,11-15,19,24-25,36,38H,5-6,9-10,16-17,30H2,1-4H3/b22-13+,31-14?. The minimum Gasteiger partial charge on any atom is -0.404 e. The van der Waals surface area contributed by atoms with Crippen molar-refractivity contribution in [2.75, 3.05) is 26.3 Å². The third-order valence-electron chi connectivity index (χ3n) is 7.34. The molecule has 4 aliphatic rings. The minimum atomic E-state index is -0.886. The van der Waals surface area contributed by atoms with Gasteiger partial charge in [0.2, 0.25) is 0 Å². The third-order valence-corrected chi connectivity index (χ3v) is 8.83. The van der Waals surface area contributed by atoms with Crippen molar-refractivity contribution >= 4 is 25.8 Å². The summed E-state index contributed by atoms with van der Waals surface area (Å²) in [6.45, 7) is 7.82. The number of morpholine rings is 1. The van der Waals surface area contributed by atoms with Crippen LogP contribution in [0.3, 0.4) is 0 Å². The van der Waals surface area contributed by atoms with Crippen LogP contribution in [-0.4, -0.2) is 69.8 Å². The number of pyridine rings is 1. The van der Waals surface area contributed by atoms with Crippen molar-refractivity contribution in [3.63, 3.8) is 0 Å². The summed E-state index contributed by atoms with van der Waals surface area (Å²) in [6, 6.07) is 2.28. The lowest BCUT2D eigenvalue weighted by molar-refractivity contribution is 0.000747. The zero-order valence-corrected chi connectivity index (χ0v) is 23.6. The lowest BCUT2D eigenvalue weighted by atomic mass is 9.95. The van der Waals surface area contributed by atoms with Crippen LogP contribution in [0.15, 0.2) is 68.4 Å². The highest BCUT2D eigenvalue weighted by Crippen LogP contribution is 2.45. The van der Waals surface area contributed by atoms with Crippen molar-refractivity contribution in [2.24, 2.45) is 28.7 Å². The summed E-state index contributed by atoms with van der Waals surface area (Å²) >= 11 is 0. The fourth-order valence-electron chi connectivity index (χ4n) is 5.19. The molecule has 3 unspecified atom stereocenters. The molecule has 0 amide bonds. The molecule has 0 spiro atoms. The highest BCUT2D eigenvalue weighted by Gasteiger charge is 2.40. The first-order valence-corrected chi connectivity index (χ1v) is 14.4. The van der Waals surface area contributed by atoms with E-state index in [-0.39, 0.29) is 17.8 Å². The van der Waals surface area contributed by atoms with E-state index in [0.29, 0.717) is 27.1 Å². The highest BCUT2D eigenvalue weighted by molar-refractivity contribution is 7.60. The Labute approximate surface area is 226 Å². The van der Waals surface area contributed by atoms with Gasteiger partial charge in [-0.3, -0.25) is 9.79 Å². The Kier molecular flexibility index (Phi) is 7.58. The zero-order valence-electron chi connectivity index (χ0n) is 22.6. The number of ether oxygens (including phenoxy) is 1. The van der Waals surface area contributed by atoms with E-state index < -0.39 is 5.60 Å². The number of aromatic nitrogens is 1. The van der Waals surface area contributed by atoms with Gasteiger partial charge in [-0.05, 0) is 62.8 Å². The van der Waals surface area contributed by atoms with E-state index in [1.165, 1.54) is 18.4 Å². The molecule has 1 saturated carbocycles. The van der Waals surface area contributed by atoms with Gasteiger partial charge in [0.25, 0.3) is 5.56 Å². The van der Waals surface area contributed by atoms with Gasteiger partial charge in [0.1, 0.15) is 5.82 Å². The summed E-state index contributed by atoms with van der Waals surface area (Å²) in [6.07, 6.45) is 14.3. The van der Waals surface area contributed by atoms with E-state index >= 15 is 0 Å². The fraction of sp³-hybridized carbons (Fsp3) is 0.483. The number of aliphatic hydroxyl groups is 1. The van der Waals surface area contributed by atoms with Crippen molar-refractivity contribution in [1.82, 2.24) is 9.47 Å². The fourth-order valence-corrected chi connectivity index (χ4v) is 6.53. The molecule has 1 aromatic heterocycles. The summed E-state index contributed by atoms with van der Waals surface area (Å²) in [7, 11) is 2.19. The van der Waals surface area contributed by atoms with Crippen LogP contribution < -0.4 is 11.3 Å². The smallest absolute Gasteiger partial charge is 0.253 e. The van der Waals surface area contributed by atoms with Crippen molar-refractivity contribution in [3.05, 3.63) is 75.1 Å². The summed E-state index contributed by atoms with van der Waals surface area (Å²) in [5.74, 6) is 1.62. The second-order valence-corrected chi connectivity index (χ2v) is 12.6. The van der Waals surface area contributed by atoms with Crippen molar-refractivity contribution in [1.29, 1.82) is 0 Å². The normalized spacial score (nSPS) is 25.2. The van der Waals surface area contributed by atoms with Gasteiger partial charge >= 0.3 is 0 Å². The Morgan fingerprint density at radius 2 is 2.18 bits per heavy atom. The van der Waals surface area contributed by atoms with E-state index in [0.717, 1.165) is 46.7 Å². The van der Waals surface area contributed by atoms with Gasteiger partial charge < -0.3 is 25.0 Å². The molecule has 0 aromatic carbocycles. The second-order valence-electron chi connectivity index (χ2n) is 11.2. The van der Waals surface area contributed by atoms with E-state index in [1.807, 2.05) is 19.2 Å². The number of hydrogen-bond acceptors (Lipinski definition) is 7. The Morgan fingerprint density at radius 1 is 1.39 bits per heavy atom. The topological polar surface area (TPSA) is 105 Å². The Balaban J connectivity index is 1.59. The van der Waals surface area contributed by atoms with Gasteiger partial charge in [-0.25, -0.2) is 4.99 Å². The molecule has 9 heteroatoms. The number of rotatable bonds is 7. The van der Waals surface area contributed by atoms with Crippen LogP contribution in [0.1, 0.15) is 37.8 Å². The third kappa shape index (κ3) is 5.78. The van der Waals surface area contributed by atoms with Crippen LogP contribution in [0.4, 0.5) is 0 Å². The first kappa shape index (κ1) is 26.8. The molecule has 1 saturated heterocycles. The lowest BCUT2D eigenvalue weighted by Crippen LogP contribution is -2.47. The molecule has 1 aromatic rings. The van der Waals surface area contributed by atoms with Crippen LogP contribution in [-0.2, 0) is 11.8 Å². The zero-order chi connectivity index (χ0) is 27.0. The van der Waals surface area contributed by atoms with E-state index in [9.17, 15) is 9.90 Å². The van der Waals surface area contributed by atoms with Crippen LogP contribution in [0.2, 0.25) is 0 Å². The minimum absolute atomic E-state index is 0.0215. The molecule has 0 radical (unpaired) electrons. The molecule has 8 nitrogen and oxygen atoms in total. The van der Waals surface area contributed by atoms with Crippen LogP contribution in [0, 0.1) is 12.8 Å². The first-order chi connectivity index (χ1) is 18.1. The molecule has 0 bridgehead atoms. The lowest BCUT2D eigenvalue weighted by Gasteiger charge is -2.41. The van der Waals surface area contributed by atoms with Crippen LogP contribution in [0.25, 0.3) is 5.57 Å². The molecule has 2 fully saturated rings. The Bertz CT molecular complexity index is 1310. The second kappa shape index (κ2) is 10.8. The quantitative estimate of drug-likeness (QED) is 0.412. The van der Waals surface area contributed by atoms with Gasteiger partial charge in [-0.2, -0.15) is 0 Å². The molecule has 5 rings (SSSR count). The van der Waals surface area contributed by atoms with Gasteiger partial charge in [-0.15, -0.1) is 0 Å². The van der Waals surface area contributed by atoms with Gasteiger partial charge in [0.05, 0.1) is 36.9 Å². The van der Waals surface area contributed by atoms with Crippen LogP contribution in [0.5, 0.6) is 0 Å². The summed E-state index contributed by atoms with van der Waals surface area (Å²) < 4.78 is 7.55. The number of fused-ring (bicyclic) bond motifs is 1. The largest absolute Gasteiger partial charge is 0.404 e. The number of nitrogens with two attached hydrogens (primary N) is 1. The molecule has 2 aliphatic carbocycles. The van der Waals surface area contributed by atoms with Gasteiger partial charge in [0, 0.05) is 54.6 Å². The van der Waals surface area contributed by atoms with E-state index in [2.05, 4.69) is 28.1 Å². The van der Waals surface area contributed by atoms with Crippen molar-refractivity contribution in [2.45, 2.75) is 50.9 Å². The van der Waals surface area contributed by atoms with Crippen molar-refractivity contribution in [3.8, 4) is 0 Å². The maximum Gasteiger partial charge on any atom is 0.253 e. The van der Waals surface area contributed by atoms with Gasteiger partial charge in [0.15, 0.2) is 0 Å². The maximum absolute atomic E-state index is 12.3. The summed E-state index contributed by atoms with van der Waals surface area (Å²) in [4.78, 5) is 24.5. The number of hydrogen-bond donors (Lipinski definition) is 2. The number of nitrogens with zero attached hydrogens (tertiary/aromatic N) is 4. The molecule has 202 valence electrons. The predicted molar refractivity (Wildman–Crippen MR) is 156 cm³/mol. The van der Waals surface area contributed by atoms with Crippen LogP contribution >= 0.6 is 8.58 Å². The van der Waals surface area contributed by atoms with Gasteiger partial charge in [-0.1, -0.05) is 20.7 Å². The number of aliphatic imine (C=N–C) groups is 2.